The lowest BCUT2D eigenvalue weighted by molar-refractivity contribution is 0.528. The zero-order valence-electron chi connectivity index (χ0n) is 15.8. The van der Waals surface area contributed by atoms with E-state index in [-0.39, 0.29) is 5.56 Å². The molecule has 0 fully saturated rings. The third-order valence-corrected chi connectivity index (χ3v) is 5.50. The van der Waals surface area contributed by atoms with E-state index in [0.717, 1.165) is 11.3 Å². The van der Waals surface area contributed by atoms with Crippen LogP contribution in [0.2, 0.25) is 0 Å². The van der Waals surface area contributed by atoms with Crippen LogP contribution in [0.25, 0.3) is 28.0 Å². The van der Waals surface area contributed by atoms with Gasteiger partial charge in [-0.3, -0.25) is 9.36 Å². The van der Waals surface area contributed by atoms with Crippen molar-refractivity contribution in [2.45, 2.75) is 10.9 Å². The van der Waals surface area contributed by atoms with Crippen molar-refractivity contribution in [3.8, 4) is 17.1 Å². The minimum Gasteiger partial charge on any atom is -0.420 e. The SMILES string of the molecule is O=c1c2ccccc2nc(SCc2nnc(-c3ccccc3)o2)n1-c1ccccc1. The molecule has 0 amide bonds. The third kappa shape index (κ3) is 3.51. The second-order valence-electron chi connectivity index (χ2n) is 6.54. The van der Waals surface area contributed by atoms with Gasteiger partial charge in [-0.2, -0.15) is 0 Å². The minimum absolute atomic E-state index is 0.107. The summed E-state index contributed by atoms with van der Waals surface area (Å²) in [7, 11) is 0. The highest BCUT2D eigenvalue weighted by Crippen LogP contribution is 2.25. The van der Waals surface area contributed by atoms with E-state index in [4.69, 9.17) is 9.40 Å². The Morgan fingerprint density at radius 1 is 0.833 bits per heavy atom. The first kappa shape index (κ1) is 18.3. The largest absolute Gasteiger partial charge is 0.420 e. The van der Waals surface area contributed by atoms with E-state index in [9.17, 15) is 4.79 Å². The van der Waals surface area contributed by atoms with Gasteiger partial charge < -0.3 is 4.42 Å². The molecule has 0 aliphatic heterocycles. The normalized spacial score (nSPS) is 11.1. The van der Waals surface area contributed by atoms with Crippen LogP contribution in [0.3, 0.4) is 0 Å². The van der Waals surface area contributed by atoms with Crippen molar-refractivity contribution in [2.75, 3.05) is 0 Å². The predicted molar refractivity (Wildman–Crippen MR) is 117 cm³/mol. The molecule has 6 nitrogen and oxygen atoms in total. The molecule has 0 saturated carbocycles. The Hall–Kier alpha value is -3.71. The number of nitrogens with zero attached hydrogens (tertiary/aromatic N) is 4. The molecule has 0 unspecified atom stereocenters. The van der Waals surface area contributed by atoms with Crippen molar-refractivity contribution in [2.24, 2.45) is 0 Å². The lowest BCUT2D eigenvalue weighted by Gasteiger charge is -2.12. The Balaban J connectivity index is 1.51. The van der Waals surface area contributed by atoms with Gasteiger partial charge in [-0.1, -0.05) is 60.3 Å². The van der Waals surface area contributed by atoms with Gasteiger partial charge in [-0.15, -0.1) is 10.2 Å². The fourth-order valence-corrected chi connectivity index (χ4v) is 4.00. The second-order valence-corrected chi connectivity index (χ2v) is 7.49. The van der Waals surface area contributed by atoms with Gasteiger partial charge >= 0.3 is 0 Å². The molecule has 0 aliphatic rings. The van der Waals surface area contributed by atoms with Crippen molar-refractivity contribution in [3.05, 3.63) is 101 Å². The molecule has 5 rings (SSSR count). The van der Waals surface area contributed by atoms with Crippen molar-refractivity contribution in [1.29, 1.82) is 0 Å². The molecule has 0 radical (unpaired) electrons. The lowest BCUT2D eigenvalue weighted by atomic mass is 10.2. The molecule has 5 aromatic rings. The fourth-order valence-electron chi connectivity index (χ4n) is 3.15. The van der Waals surface area contributed by atoms with Crippen molar-refractivity contribution in [3.63, 3.8) is 0 Å². The van der Waals surface area contributed by atoms with E-state index >= 15 is 0 Å². The van der Waals surface area contributed by atoms with Crippen LogP contribution in [-0.4, -0.2) is 19.7 Å². The number of rotatable bonds is 5. The number of benzene rings is 3. The molecule has 2 aromatic heterocycles. The molecule has 30 heavy (non-hydrogen) atoms. The van der Waals surface area contributed by atoms with Crippen LogP contribution < -0.4 is 5.56 Å². The molecule has 0 atom stereocenters. The summed E-state index contributed by atoms with van der Waals surface area (Å²) in [6.07, 6.45) is 0. The number of para-hydroxylation sites is 2. The first-order chi connectivity index (χ1) is 14.8. The Kier molecular flexibility index (Phi) is 4.86. The summed E-state index contributed by atoms with van der Waals surface area (Å²) in [5.74, 6) is 1.34. The summed E-state index contributed by atoms with van der Waals surface area (Å²) in [6.45, 7) is 0. The maximum absolute atomic E-state index is 13.2. The van der Waals surface area contributed by atoms with E-state index in [1.165, 1.54) is 11.8 Å². The van der Waals surface area contributed by atoms with Crippen LogP contribution in [0, 0.1) is 0 Å². The highest BCUT2D eigenvalue weighted by molar-refractivity contribution is 7.98. The van der Waals surface area contributed by atoms with Crippen LogP contribution in [-0.2, 0) is 5.75 Å². The maximum atomic E-state index is 13.2. The molecule has 0 aliphatic carbocycles. The molecular formula is C23H16N4O2S. The van der Waals surface area contributed by atoms with Gasteiger partial charge in [0.25, 0.3) is 5.56 Å². The summed E-state index contributed by atoms with van der Waals surface area (Å²) in [5, 5.41) is 9.42. The molecular weight excluding hydrogens is 396 g/mol. The van der Waals surface area contributed by atoms with Crippen LogP contribution in [0.4, 0.5) is 0 Å². The Morgan fingerprint density at radius 3 is 2.33 bits per heavy atom. The average Bonchev–Trinajstić information content (AvgIpc) is 3.28. The maximum Gasteiger partial charge on any atom is 0.266 e. The van der Waals surface area contributed by atoms with Gasteiger partial charge in [-0.25, -0.2) is 4.98 Å². The van der Waals surface area contributed by atoms with Gasteiger partial charge in [0.15, 0.2) is 5.16 Å². The van der Waals surface area contributed by atoms with Gasteiger partial charge in [0.1, 0.15) is 0 Å². The van der Waals surface area contributed by atoms with Gasteiger partial charge in [0, 0.05) is 5.56 Å². The summed E-state index contributed by atoms with van der Waals surface area (Å²) in [4.78, 5) is 17.9. The van der Waals surface area contributed by atoms with Crippen molar-refractivity contribution < 1.29 is 4.42 Å². The first-order valence-electron chi connectivity index (χ1n) is 9.37. The van der Waals surface area contributed by atoms with E-state index in [1.54, 1.807) is 10.6 Å². The third-order valence-electron chi connectivity index (χ3n) is 4.57. The molecule has 146 valence electrons. The Bertz CT molecular complexity index is 1360. The van der Waals surface area contributed by atoms with Crippen LogP contribution in [0.15, 0.2) is 99.3 Å². The van der Waals surface area contributed by atoms with Crippen molar-refractivity contribution >= 4 is 22.7 Å². The smallest absolute Gasteiger partial charge is 0.266 e. The molecule has 0 bridgehead atoms. The Morgan fingerprint density at radius 2 is 1.53 bits per heavy atom. The predicted octanol–water partition coefficient (Wildman–Crippen LogP) is 4.73. The standard InChI is InChI=1S/C23H16N4O2S/c28-22-18-13-7-8-14-19(18)24-23(27(22)17-11-5-2-6-12-17)30-15-20-25-26-21(29-20)16-9-3-1-4-10-16/h1-14H,15H2. The van der Waals surface area contributed by atoms with Crippen LogP contribution >= 0.6 is 11.8 Å². The van der Waals surface area contributed by atoms with Crippen molar-refractivity contribution in [1.82, 2.24) is 19.7 Å². The molecule has 0 N–H and O–H groups in total. The number of hydrogen-bond donors (Lipinski definition) is 0. The van der Waals surface area contributed by atoms with Gasteiger partial charge in [0.2, 0.25) is 11.8 Å². The number of thioether (sulfide) groups is 1. The highest BCUT2D eigenvalue weighted by Gasteiger charge is 2.15. The quantitative estimate of drug-likeness (QED) is 0.307. The van der Waals surface area contributed by atoms with E-state index in [0.29, 0.717) is 33.6 Å². The van der Waals surface area contributed by atoms with E-state index in [2.05, 4.69) is 10.2 Å². The summed E-state index contributed by atoms with van der Waals surface area (Å²) in [5.41, 5.74) is 2.18. The molecule has 7 heteroatoms. The molecule has 2 heterocycles. The average molecular weight is 412 g/mol. The number of aromatic nitrogens is 4. The number of hydrogen-bond acceptors (Lipinski definition) is 6. The fraction of sp³-hybridized carbons (Fsp3) is 0.0435. The van der Waals surface area contributed by atoms with Gasteiger partial charge in [-0.05, 0) is 36.4 Å². The second kappa shape index (κ2) is 7.96. The first-order valence-corrected chi connectivity index (χ1v) is 10.4. The highest BCUT2D eigenvalue weighted by atomic mass is 32.2. The number of fused-ring (bicyclic) bond motifs is 1. The zero-order valence-corrected chi connectivity index (χ0v) is 16.6. The molecule has 3 aromatic carbocycles. The summed E-state index contributed by atoms with van der Waals surface area (Å²) < 4.78 is 7.42. The van der Waals surface area contributed by atoms with Crippen LogP contribution in [0.5, 0.6) is 0 Å². The zero-order chi connectivity index (χ0) is 20.3. The van der Waals surface area contributed by atoms with E-state index in [1.807, 2.05) is 78.9 Å². The molecule has 0 saturated heterocycles. The van der Waals surface area contributed by atoms with E-state index < -0.39 is 0 Å². The monoisotopic (exact) mass is 412 g/mol. The summed E-state index contributed by atoms with van der Waals surface area (Å²) >= 11 is 1.39. The van der Waals surface area contributed by atoms with Gasteiger partial charge in [0.05, 0.1) is 22.3 Å². The Labute approximate surface area is 176 Å². The topological polar surface area (TPSA) is 73.8 Å². The lowest BCUT2D eigenvalue weighted by Crippen LogP contribution is -2.21. The molecule has 0 spiro atoms. The van der Waals surface area contributed by atoms with Crippen LogP contribution in [0.1, 0.15) is 5.89 Å². The summed E-state index contributed by atoms with van der Waals surface area (Å²) in [6, 6.07) is 26.5. The minimum atomic E-state index is -0.107.